The molecule has 0 aliphatic rings. The molecule has 0 saturated carbocycles. The van der Waals surface area contributed by atoms with Gasteiger partial charge in [0.15, 0.2) is 0 Å². The Labute approximate surface area is 92.3 Å². The van der Waals surface area contributed by atoms with Gasteiger partial charge in [-0.05, 0) is 31.4 Å². The lowest BCUT2D eigenvalue weighted by Crippen LogP contribution is -2.14. The van der Waals surface area contributed by atoms with Gasteiger partial charge >= 0.3 is 0 Å². The van der Waals surface area contributed by atoms with Gasteiger partial charge in [0.2, 0.25) is 0 Å². The van der Waals surface area contributed by atoms with Crippen LogP contribution in [0.4, 0.5) is 0 Å². The summed E-state index contributed by atoms with van der Waals surface area (Å²) < 4.78 is 0. The van der Waals surface area contributed by atoms with Crippen molar-refractivity contribution in [3.63, 3.8) is 0 Å². The molecule has 0 fully saturated rings. The average molecular weight is 215 g/mol. The van der Waals surface area contributed by atoms with Crippen LogP contribution in [-0.2, 0) is 0 Å². The van der Waals surface area contributed by atoms with E-state index in [1.807, 2.05) is 25.1 Å². The molecule has 0 aliphatic carbocycles. The highest BCUT2D eigenvalue weighted by molar-refractivity contribution is 5.85. The molecule has 0 bridgehead atoms. The van der Waals surface area contributed by atoms with Crippen molar-refractivity contribution in [2.24, 2.45) is 11.7 Å². The van der Waals surface area contributed by atoms with E-state index in [-0.39, 0.29) is 18.4 Å². The third-order valence-electron chi connectivity index (χ3n) is 2.02. The number of aryl methyl sites for hydroxylation is 1. The van der Waals surface area contributed by atoms with Crippen molar-refractivity contribution in [3.05, 3.63) is 29.6 Å². The molecule has 14 heavy (non-hydrogen) atoms. The Morgan fingerprint density at radius 2 is 2.00 bits per heavy atom. The highest BCUT2D eigenvalue weighted by Crippen LogP contribution is 2.16. The van der Waals surface area contributed by atoms with Crippen molar-refractivity contribution in [2.45, 2.75) is 33.2 Å². The van der Waals surface area contributed by atoms with Crippen LogP contribution in [0.2, 0.25) is 0 Å². The van der Waals surface area contributed by atoms with Crippen LogP contribution in [0.15, 0.2) is 18.2 Å². The normalized spacial score (nSPS) is 12.4. The topological polar surface area (TPSA) is 38.9 Å². The van der Waals surface area contributed by atoms with Crippen LogP contribution in [0.3, 0.4) is 0 Å². The maximum Gasteiger partial charge on any atom is 0.0574 e. The number of hydrogen-bond acceptors (Lipinski definition) is 2. The number of pyridine rings is 1. The van der Waals surface area contributed by atoms with E-state index in [4.69, 9.17) is 5.73 Å². The SMILES string of the molecule is Cc1cccc([C@H](N)CC(C)C)n1.Cl. The first-order valence-electron chi connectivity index (χ1n) is 4.78. The van der Waals surface area contributed by atoms with Gasteiger partial charge in [-0.3, -0.25) is 4.98 Å². The first-order chi connectivity index (χ1) is 6.09. The van der Waals surface area contributed by atoms with Gasteiger partial charge in [-0.25, -0.2) is 0 Å². The number of nitrogens with zero attached hydrogens (tertiary/aromatic N) is 1. The van der Waals surface area contributed by atoms with Gasteiger partial charge in [-0.15, -0.1) is 12.4 Å². The molecule has 2 nitrogen and oxygen atoms in total. The van der Waals surface area contributed by atoms with Gasteiger partial charge in [0, 0.05) is 11.7 Å². The van der Waals surface area contributed by atoms with E-state index in [1.54, 1.807) is 0 Å². The minimum atomic E-state index is 0. The molecule has 0 aromatic carbocycles. The van der Waals surface area contributed by atoms with Crippen LogP contribution in [0, 0.1) is 12.8 Å². The summed E-state index contributed by atoms with van der Waals surface area (Å²) in [5.41, 5.74) is 8.05. The Kier molecular flexibility index (Phi) is 5.73. The zero-order valence-corrected chi connectivity index (χ0v) is 9.84. The van der Waals surface area contributed by atoms with Gasteiger partial charge in [0.05, 0.1) is 5.69 Å². The van der Waals surface area contributed by atoms with Crippen molar-refractivity contribution >= 4 is 12.4 Å². The van der Waals surface area contributed by atoms with Gasteiger partial charge in [0.25, 0.3) is 0 Å². The molecule has 80 valence electrons. The molecule has 0 spiro atoms. The second kappa shape index (κ2) is 5.99. The van der Waals surface area contributed by atoms with Gasteiger partial charge in [0.1, 0.15) is 0 Å². The monoisotopic (exact) mass is 214 g/mol. The molecule has 2 N–H and O–H groups in total. The molecule has 0 saturated heterocycles. The summed E-state index contributed by atoms with van der Waals surface area (Å²) in [7, 11) is 0. The number of hydrogen-bond donors (Lipinski definition) is 1. The molecule has 1 aromatic heterocycles. The molecular weight excluding hydrogens is 196 g/mol. The summed E-state index contributed by atoms with van der Waals surface area (Å²) in [5, 5.41) is 0. The highest BCUT2D eigenvalue weighted by atomic mass is 35.5. The number of halogens is 1. The smallest absolute Gasteiger partial charge is 0.0574 e. The van der Waals surface area contributed by atoms with Crippen LogP contribution >= 0.6 is 12.4 Å². The molecule has 0 aliphatic heterocycles. The van der Waals surface area contributed by atoms with E-state index in [0.717, 1.165) is 17.8 Å². The van der Waals surface area contributed by atoms with Crippen molar-refractivity contribution < 1.29 is 0 Å². The van der Waals surface area contributed by atoms with E-state index in [2.05, 4.69) is 18.8 Å². The lowest BCUT2D eigenvalue weighted by molar-refractivity contribution is 0.501. The quantitative estimate of drug-likeness (QED) is 0.841. The second-order valence-electron chi connectivity index (χ2n) is 3.94. The Balaban J connectivity index is 0.00000169. The first kappa shape index (κ1) is 13.4. The fourth-order valence-corrected chi connectivity index (χ4v) is 1.40. The first-order valence-corrected chi connectivity index (χ1v) is 4.78. The molecule has 0 radical (unpaired) electrons. The van der Waals surface area contributed by atoms with Crippen LogP contribution in [0.25, 0.3) is 0 Å². The summed E-state index contributed by atoms with van der Waals surface area (Å²) in [6, 6.07) is 6.09. The van der Waals surface area contributed by atoms with Crippen LogP contribution in [-0.4, -0.2) is 4.98 Å². The highest BCUT2D eigenvalue weighted by Gasteiger charge is 2.08. The predicted octanol–water partition coefficient (Wildman–Crippen LogP) is 2.86. The zero-order valence-electron chi connectivity index (χ0n) is 9.03. The van der Waals surface area contributed by atoms with E-state index < -0.39 is 0 Å². The lowest BCUT2D eigenvalue weighted by Gasteiger charge is -2.13. The maximum atomic E-state index is 6.00. The molecule has 1 atom stereocenters. The summed E-state index contributed by atoms with van der Waals surface area (Å²) in [6.45, 7) is 6.34. The largest absolute Gasteiger partial charge is 0.323 e. The third-order valence-corrected chi connectivity index (χ3v) is 2.02. The predicted molar refractivity (Wildman–Crippen MR) is 62.6 cm³/mol. The van der Waals surface area contributed by atoms with Crippen LogP contribution in [0.1, 0.15) is 37.7 Å². The number of nitrogens with two attached hydrogens (primary N) is 1. The van der Waals surface area contributed by atoms with Gasteiger partial charge in [-0.2, -0.15) is 0 Å². The number of rotatable bonds is 3. The fourth-order valence-electron chi connectivity index (χ4n) is 1.40. The lowest BCUT2D eigenvalue weighted by atomic mass is 10.0. The average Bonchev–Trinajstić information content (AvgIpc) is 2.03. The van der Waals surface area contributed by atoms with Gasteiger partial charge < -0.3 is 5.73 Å². The molecule has 0 amide bonds. The van der Waals surface area contributed by atoms with E-state index in [9.17, 15) is 0 Å². The van der Waals surface area contributed by atoms with Crippen molar-refractivity contribution in [3.8, 4) is 0 Å². The summed E-state index contributed by atoms with van der Waals surface area (Å²) in [5.74, 6) is 0.623. The van der Waals surface area contributed by atoms with E-state index in [1.165, 1.54) is 0 Å². The Morgan fingerprint density at radius 1 is 1.36 bits per heavy atom. The minimum absolute atomic E-state index is 0. The van der Waals surface area contributed by atoms with Crippen LogP contribution < -0.4 is 5.73 Å². The van der Waals surface area contributed by atoms with Crippen molar-refractivity contribution in [2.75, 3.05) is 0 Å². The zero-order chi connectivity index (χ0) is 9.84. The summed E-state index contributed by atoms with van der Waals surface area (Å²) >= 11 is 0. The fraction of sp³-hybridized carbons (Fsp3) is 0.545. The Morgan fingerprint density at radius 3 is 2.50 bits per heavy atom. The second-order valence-corrected chi connectivity index (χ2v) is 3.94. The van der Waals surface area contributed by atoms with Crippen molar-refractivity contribution in [1.29, 1.82) is 0 Å². The molecule has 3 heteroatoms. The maximum absolute atomic E-state index is 6.00. The van der Waals surface area contributed by atoms with E-state index in [0.29, 0.717) is 5.92 Å². The molecule has 1 heterocycles. The molecular formula is C11H19ClN2. The number of aromatic nitrogens is 1. The van der Waals surface area contributed by atoms with Crippen molar-refractivity contribution in [1.82, 2.24) is 4.98 Å². The standard InChI is InChI=1S/C11H18N2.ClH/c1-8(2)7-10(12)11-6-4-5-9(3)13-11;/h4-6,8,10H,7,12H2,1-3H3;1H/t10-;/m1./s1. The molecule has 0 unspecified atom stereocenters. The Hall–Kier alpha value is -0.600. The minimum Gasteiger partial charge on any atom is -0.323 e. The van der Waals surface area contributed by atoms with Crippen LogP contribution in [0.5, 0.6) is 0 Å². The molecule has 1 rings (SSSR count). The summed E-state index contributed by atoms with van der Waals surface area (Å²) in [6.07, 6.45) is 0.996. The molecule has 1 aromatic rings. The van der Waals surface area contributed by atoms with Gasteiger partial charge in [-0.1, -0.05) is 19.9 Å². The third kappa shape index (κ3) is 4.07. The van der Waals surface area contributed by atoms with E-state index >= 15 is 0 Å². The Bertz CT molecular complexity index is 274. The summed E-state index contributed by atoms with van der Waals surface area (Å²) in [4.78, 5) is 4.40.